The van der Waals surface area contributed by atoms with Crippen LogP contribution in [0.25, 0.3) is 11.3 Å². The summed E-state index contributed by atoms with van der Waals surface area (Å²) >= 11 is 0. The molecule has 3 rings (SSSR count). The maximum absolute atomic E-state index is 12.7. The van der Waals surface area contributed by atoms with Gasteiger partial charge in [0.1, 0.15) is 5.69 Å². The van der Waals surface area contributed by atoms with Gasteiger partial charge in [0.05, 0.1) is 17.4 Å². The van der Waals surface area contributed by atoms with Gasteiger partial charge in [-0.05, 0) is 51.6 Å². The van der Waals surface area contributed by atoms with Gasteiger partial charge in [0, 0.05) is 24.8 Å². The SMILES string of the molecule is CCc1ccc(C(CNC(=O)c2cc(-c3c(C)nn(C)c3C)n[nH]2)N(C)C)cc1. The number of rotatable bonds is 7. The molecule has 2 aromatic heterocycles. The summed E-state index contributed by atoms with van der Waals surface area (Å²) in [6, 6.07) is 10.4. The molecule has 0 saturated carbocycles. The molecule has 1 atom stereocenters. The lowest BCUT2D eigenvalue weighted by molar-refractivity contribution is 0.0937. The molecule has 7 nitrogen and oxygen atoms in total. The number of aromatic amines is 1. The highest BCUT2D eigenvalue weighted by Gasteiger charge is 2.19. The van der Waals surface area contributed by atoms with Crippen molar-refractivity contribution in [3.63, 3.8) is 0 Å². The third kappa shape index (κ3) is 4.40. The largest absolute Gasteiger partial charge is 0.349 e. The molecule has 0 saturated heterocycles. The Hall–Kier alpha value is -2.93. The first kappa shape index (κ1) is 20.8. The van der Waals surface area contributed by atoms with Crippen LogP contribution in [-0.4, -0.2) is 51.4 Å². The van der Waals surface area contributed by atoms with E-state index in [0.29, 0.717) is 12.2 Å². The van der Waals surface area contributed by atoms with E-state index in [0.717, 1.165) is 29.1 Å². The molecule has 3 aromatic rings. The standard InChI is InChI=1S/C22H30N6O/c1-7-16-8-10-17(11-9-16)20(27(4)5)13-23-22(29)19-12-18(24-25-19)21-14(2)26-28(6)15(21)3/h8-12,20H,7,13H2,1-6H3,(H,23,29)(H,24,25). The summed E-state index contributed by atoms with van der Waals surface area (Å²) in [6.45, 7) is 6.60. The predicted molar refractivity (Wildman–Crippen MR) is 115 cm³/mol. The van der Waals surface area contributed by atoms with Gasteiger partial charge in [-0.1, -0.05) is 31.2 Å². The van der Waals surface area contributed by atoms with Crippen molar-refractivity contribution in [3.8, 4) is 11.3 Å². The summed E-state index contributed by atoms with van der Waals surface area (Å²) in [4.78, 5) is 14.8. The lowest BCUT2D eigenvalue weighted by Gasteiger charge is -2.25. The van der Waals surface area contributed by atoms with Crippen molar-refractivity contribution >= 4 is 5.91 Å². The smallest absolute Gasteiger partial charge is 0.269 e. The molecule has 0 radical (unpaired) electrons. The fraction of sp³-hybridized carbons (Fsp3) is 0.409. The average molecular weight is 395 g/mol. The minimum atomic E-state index is -0.167. The van der Waals surface area contributed by atoms with Crippen LogP contribution in [0.1, 0.15) is 46.0 Å². The van der Waals surface area contributed by atoms with Gasteiger partial charge in [-0.2, -0.15) is 10.2 Å². The predicted octanol–water partition coefficient (Wildman–Crippen LogP) is 3.02. The Bertz CT molecular complexity index is 983. The molecule has 29 heavy (non-hydrogen) atoms. The minimum absolute atomic E-state index is 0.0926. The fourth-order valence-corrected chi connectivity index (χ4v) is 3.57. The molecule has 1 aromatic carbocycles. The average Bonchev–Trinajstić information content (AvgIpc) is 3.26. The summed E-state index contributed by atoms with van der Waals surface area (Å²) < 4.78 is 1.82. The van der Waals surface area contributed by atoms with Gasteiger partial charge in [0.25, 0.3) is 5.91 Å². The van der Waals surface area contributed by atoms with E-state index in [1.807, 2.05) is 39.7 Å². The second kappa shape index (κ2) is 8.61. The molecular formula is C22H30N6O. The van der Waals surface area contributed by atoms with Crippen molar-refractivity contribution in [3.05, 3.63) is 58.5 Å². The number of nitrogens with one attached hydrogen (secondary N) is 2. The van der Waals surface area contributed by atoms with Crippen LogP contribution in [0.5, 0.6) is 0 Å². The van der Waals surface area contributed by atoms with Gasteiger partial charge in [0.2, 0.25) is 0 Å². The molecule has 1 unspecified atom stereocenters. The van der Waals surface area contributed by atoms with E-state index in [1.54, 1.807) is 6.07 Å². The van der Waals surface area contributed by atoms with Gasteiger partial charge in [0.15, 0.2) is 0 Å². The Morgan fingerprint density at radius 3 is 2.48 bits per heavy atom. The number of aryl methyl sites for hydroxylation is 3. The van der Waals surface area contributed by atoms with E-state index in [-0.39, 0.29) is 11.9 Å². The topological polar surface area (TPSA) is 78.8 Å². The van der Waals surface area contributed by atoms with Crippen LogP contribution in [0.15, 0.2) is 30.3 Å². The Labute approximate surface area is 172 Å². The maximum atomic E-state index is 12.7. The first-order valence-corrected chi connectivity index (χ1v) is 9.91. The monoisotopic (exact) mass is 394 g/mol. The van der Waals surface area contributed by atoms with Crippen LogP contribution in [0.3, 0.4) is 0 Å². The third-order valence-electron chi connectivity index (χ3n) is 5.44. The molecule has 0 bridgehead atoms. The van der Waals surface area contributed by atoms with Crippen LogP contribution in [0, 0.1) is 13.8 Å². The van der Waals surface area contributed by atoms with Crippen LogP contribution < -0.4 is 5.32 Å². The van der Waals surface area contributed by atoms with Crippen LogP contribution in [-0.2, 0) is 13.5 Å². The van der Waals surface area contributed by atoms with Crippen molar-refractivity contribution < 1.29 is 4.79 Å². The molecule has 0 aliphatic rings. The van der Waals surface area contributed by atoms with E-state index >= 15 is 0 Å². The molecule has 2 N–H and O–H groups in total. The molecule has 0 spiro atoms. The Morgan fingerprint density at radius 1 is 1.24 bits per heavy atom. The zero-order valence-electron chi connectivity index (χ0n) is 18.1. The number of nitrogens with zero attached hydrogens (tertiary/aromatic N) is 4. The summed E-state index contributed by atoms with van der Waals surface area (Å²) in [6.07, 6.45) is 1.02. The summed E-state index contributed by atoms with van der Waals surface area (Å²) in [5.74, 6) is -0.167. The van der Waals surface area contributed by atoms with Crippen molar-refractivity contribution in [2.45, 2.75) is 33.2 Å². The number of hydrogen-bond donors (Lipinski definition) is 2. The van der Waals surface area contributed by atoms with Crippen LogP contribution in [0.2, 0.25) is 0 Å². The molecule has 0 aliphatic carbocycles. The van der Waals surface area contributed by atoms with Gasteiger partial charge in [-0.25, -0.2) is 0 Å². The summed E-state index contributed by atoms with van der Waals surface area (Å²) in [5, 5.41) is 14.7. The van der Waals surface area contributed by atoms with Crippen molar-refractivity contribution in [1.29, 1.82) is 0 Å². The van der Waals surface area contributed by atoms with E-state index in [1.165, 1.54) is 11.1 Å². The second-order valence-electron chi connectivity index (χ2n) is 7.62. The first-order chi connectivity index (χ1) is 13.8. The zero-order valence-corrected chi connectivity index (χ0v) is 18.1. The molecule has 7 heteroatoms. The van der Waals surface area contributed by atoms with E-state index in [2.05, 4.69) is 56.7 Å². The molecule has 1 amide bonds. The van der Waals surface area contributed by atoms with Gasteiger partial charge in [-0.15, -0.1) is 0 Å². The van der Waals surface area contributed by atoms with Crippen molar-refractivity contribution in [2.75, 3.05) is 20.6 Å². The quantitative estimate of drug-likeness (QED) is 0.646. The molecule has 2 heterocycles. The molecule has 0 aliphatic heterocycles. The van der Waals surface area contributed by atoms with Crippen molar-refractivity contribution in [1.82, 2.24) is 30.2 Å². The zero-order chi connectivity index (χ0) is 21.1. The number of amides is 1. The van der Waals surface area contributed by atoms with Gasteiger partial charge in [-0.3, -0.25) is 14.6 Å². The minimum Gasteiger partial charge on any atom is -0.349 e. The highest BCUT2D eigenvalue weighted by atomic mass is 16.1. The van der Waals surface area contributed by atoms with Crippen LogP contribution >= 0.6 is 0 Å². The lowest BCUT2D eigenvalue weighted by atomic mass is 10.0. The Kier molecular flexibility index (Phi) is 6.17. The lowest BCUT2D eigenvalue weighted by Crippen LogP contribution is -2.34. The summed E-state index contributed by atoms with van der Waals surface area (Å²) in [7, 11) is 5.94. The van der Waals surface area contributed by atoms with Gasteiger partial charge >= 0.3 is 0 Å². The van der Waals surface area contributed by atoms with E-state index < -0.39 is 0 Å². The fourth-order valence-electron chi connectivity index (χ4n) is 3.57. The Morgan fingerprint density at radius 2 is 1.93 bits per heavy atom. The first-order valence-electron chi connectivity index (χ1n) is 9.91. The Balaban J connectivity index is 1.71. The number of benzene rings is 1. The highest BCUT2D eigenvalue weighted by molar-refractivity contribution is 5.93. The number of hydrogen-bond acceptors (Lipinski definition) is 4. The number of likely N-dealkylation sites (N-methyl/N-ethyl adjacent to an activating group) is 1. The van der Waals surface area contributed by atoms with Gasteiger partial charge < -0.3 is 10.2 Å². The summed E-state index contributed by atoms with van der Waals surface area (Å²) in [5.41, 5.74) is 6.54. The number of aromatic nitrogens is 4. The maximum Gasteiger partial charge on any atom is 0.269 e. The van der Waals surface area contributed by atoms with E-state index in [9.17, 15) is 4.79 Å². The highest BCUT2D eigenvalue weighted by Crippen LogP contribution is 2.25. The number of H-pyrrole nitrogens is 1. The molecule has 154 valence electrons. The third-order valence-corrected chi connectivity index (χ3v) is 5.44. The normalized spacial score (nSPS) is 12.4. The number of carbonyl (C=O) groups excluding carboxylic acids is 1. The molecular weight excluding hydrogens is 364 g/mol. The van der Waals surface area contributed by atoms with Crippen molar-refractivity contribution in [2.24, 2.45) is 7.05 Å². The van der Waals surface area contributed by atoms with E-state index in [4.69, 9.17) is 0 Å². The van der Waals surface area contributed by atoms with Crippen LogP contribution in [0.4, 0.5) is 0 Å². The molecule has 0 fully saturated rings. The second-order valence-corrected chi connectivity index (χ2v) is 7.62. The number of carbonyl (C=O) groups is 1.